The number of nitrogens with one attached hydrogen (secondary N) is 1. The fraction of sp³-hybridized carbons (Fsp3) is 0.269. The molecular weight excluding hydrogens is 386 g/mol. The minimum absolute atomic E-state index is 0.245. The van der Waals surface area contributed by atoms with Gasteiger partial charge in [0.1, 0.15) is 5.76 Å². The van der Waals surface area contributed by atoms with E-state index in [1.54, 1.807) is 0 Å². The molecule has 0 aliphatic heterocycles. The van der Waals surface area contributed by atoms with E-state index in [4.69, 9.17) is 14.4 Å². The van der Waals surface area contributed by atoms with E-state index in [0.717, 1.165) is 56.1 Å². The number of nitrogens with zero attached hydrogens (tertiary/aromatic N) is 2. The zero-order chi connectivity index (χ0) is 21.9. The maximum Gasteiger partial charge on any atom is 0.291 e. The van der Waals surface area contributed by atoms with Crippen LogP contribution in [0.5, 0.6) is 0 Å². The summed E-state index contributed by atoms with van der Waals surface area (Å²) in [6, 6.07) is 13.9. The van der Waals surface area contributed by atoms with Gasteiger partial charge in [-0.1, -0.05) is 32.0 Å². The van der Waals surface area contributed by atoms with Crippen molar-refractivity contribution in [1.82, 2.24) is 9.97 Å². The second-order valence-electron chi connectivity index (χ2n) is 9.16. The van der Waals surface area contributed by atoms with Crippen LogP contribution in [0.2, 0.25) is 0 Å². The average molecular weight is 412 g/mol. The van der Waals surface area contributed by atoms with Crippen LogP contribution in [-0.2, 0) is 11.8 Å². The smallest absolute Gasteiger partial charge is 0.291 e. The highest BCUT2D eigenvalue weighted by Gasteiger charge is 2.39. The van der Waals surface area contributed by atoms with Crippen molar-refractivity contribution < 1.29 is 9.21 Å². The number of aromatic nitrogens is 2. The lowest BCUT2D eigenvalue weighted by molar-refractivity contribution is 0.0993. The van der Waals surface area contributed by atoms with Crippen molar-refractivity contribution in [3.05, 3.63) is 76.4 Å². The summed E-state index contributed by atoms with van der Waals surface area (Å²) in [5, 5.41) is 3.00. The number of benzene rings is 2. The average Bonchev–Trinajstić information content (AvgIpc) is 3.01. The van der Waals surface area contributed by atoms with Gasteiger partial charge in [-0.2, -0.15) is 0 Å². The van der Waals surface area contributed by atoms with E-state index >= 15 is 0 Å². The van der Waals surface area contributed by atoms with Crippen LogP contribution in [0.3, 0.4) is 0 Å². The Kier molecular flexibility index (Phi) is 4.26. The maximum absolute atomic E-state index is 13.1. The molecule has 5 heteroatoms. The third kappa shape index (κ3) is 3.21. The number of furan rings is 1. The third-order valence-corrected chi connectivity index (χ3v) is 5.96. The molecule has 5 nitrogen and oxygen atoms in total. The first-order valence-electron chi connectivity index (χ1n) is 10.5. The summed E-state index contributed by atoms with van der Waals surface area (Å²) < 4.78 is 6.16. The number of rotatable bonds is 2. The highest BCUT2D eigenvalue weighted by molar-refractivity contribution is 6.05. The first-order chi connectivity index (χ1) is 14.7. The molecule has 31 heavy (non-hydrogen) atoms. The van der Waals surface area contributed by atoms with Crippen LogP contribution < -0.4 is 5.32 Å². The van der Waals surface area contributed by atoms with Crippen molar-refractivity contribution in [2.45, 2.75) is 46.5 Å². The molecule has 1 aliphatic rings. The minimum Gasteiger partial charge on any atom is -0.455 e. The normalized spacial score (nSPS) is 14.2. The second-order valence-corrected chi connectivity index (χ2v) is 9.16. The molecule has 0 saturated heterocycles. The summed E-state index contributed by atoms with van der Waals surface area (Å²) in [6.45, 7) is 10.2. The standard InChI is InChI=1S/C26H25N3O2/c1-14-10-15(2)12-17(11-14)27-25(30)23-16(3)21-20(31-23)13-26(4,5)24-22(21)28-18-8-6-7-9-19(18)29-24/h6-12H,13H2,1-5H3,(H,27,30). The maximum atomic E-state index is 13.1. The van der Waals surface area contributed by atoms with Crippen LogP contribution >= 0.6 is 0 Å². The van der Waals surface area contributed by atoms with Crippen LogP contribution in [0.1, 0.15) is 52.5 Å². The Morgan fingerprint density at radius 2 is 1.65 bits per heavy atom. The summed E-state index contributed by atoms with van der Waals surface area (Å²) >= 11 is 0. The second kappa shape index (κ2) is 6.77. The van der Waals surface area contributed by atoms with Gasteiger partial charge in [0.2, 0.25) is 0 Å². The first kappa shape index (κ1) is 19.5. The van der Waals surface area contributed by atoms with Crippen LogP contribution in [0.25, 0.3) is 22.3 Å². The fourth-order valence-electron chi connectivity index (χ4n) is 4.59. The van der Waals surface area contributed by atoms with E-state index in [-0.39, 0.29) is 11.3 Å². The van der Waals surface area contributed by atoms with E-state index in [1.165, 1.54) is 0 Å². The molecule has 2 heterocycles. The molecule has 2 aromatic carbocycles. The van der Waals surface area contributed by atoms with Gasteiger partial charge < -0.3 is 9.73 Å². The number of anilines is 1. The molecule has 1 amide bonds. The van der Waals surface area contributed by atoms with Crippen molar-refractivity contribution >= 4 is 22.6 Å². The van der Waals surface area contributed by atoms with Crippen molar-refractivity contribution in [3.8, 4) is 11.3 Å². The lowest BCUT2D eigenvalue weighted by Crippen LogP contribution is -2.27. The monoisotopic (exact) mass is 411 g/mol. The molecule has 0 atom stereocenters. The van der Waals surface area contributed by atoms with Gasteiger partial charge in [0.25, 0.3) is 5.91 Å². The molecule has 2 aromatic heterocycles. The zero-order valence-electron chi connectivity index (χ0n) is 18.5. The first-order valence-corrected chi connectivity index (χ1v) is 10.5. The van der Waals surface area contributed by atoms with Gasteiger partial charge in [0.15, 0.2) is 5.76 Å². The summed E-state index contributed by atoms with van der Waals surface area (Å²) in [5.41, 5.74) is 7.91. The van der Waals surface area contributed by atoms with Gasteiger partial charge in [0, 0.05) is 28.7 Å². The number of amides is 1. The van der Waals surface area contributed by atoms with Crippen molar-refractivity contribution in [2.24, 2.45) is 0 Å². The predicted octanol–water partition coefficient (Wildman–Crippen LogP) is 5.90. The number of hydrogen-bond acceptors (Lipinski definition) is 4. The summed E-state index contributed by atoms with van der Waals surface area (Å²) in [5.74, 6) is 0.887. The van der Waals surface area contributed by atoms with Gasteiger partial charge in [-0.15, -0.1) is 0 Å². The van der Waals surface area contributed by atoms with E-state index in [1.807, 2.05) is 57.2 Å². The third-order valence-electron chi connectivity index (χ3n) is 5.96. The molecule has 1 aliphatic carbocycles. The number of para-hydroxylation sites is 2. The van der Waals surface area contributed by atoms with E-state index in [2.05, 4.69) is 25.2 Å². The highest BCUT2D eigenvalue weighted by Crippen LogP contribution is 2.45. The van der Waals surface area contributed by atoms with Gasteiger partial charge in [-0.3, -0.25) is 4.79 Å². The SMILES string of the molecule is Cc1cc(C)cc(NC(=O)c2oc3c(c2C)-c2nc4ccccc4nc2C(C)(C)C3)c1. The molecule has 0 radical (unpaired) electrons. The number of carbonyl (C=O) groups is 1. The van der Waals surface area contributed by atoms with Crippen molar-refractivity contribution in [2.75, 3.05) is 5.32 Å². The minimum atomic E-state index is -0.245. The van der Waals surface area contributed by atoms with Crippen LogP contribution in [0.4, 0.5) is 5.69 Å². The van der Waals surface area contributed by atoms with E-state index < -0.39 is 0 Å². The molecule has 4 aromatic rings. The lowest BCUT2D eigenvalue weighted by atomic mass is 9.76. The molecular formula is C26H25N3O2. The Labute approximate surface area is 181 Å². The number of fused-ring (bicyclic) bond motifs is 4. The molecule has 5 rings (SSSR count). The fourth-order valence-corrected chi connectivity index (χ4v) is 4.59. The van der Waals surface area contributed by atoms with Gasteiger partial charge in [0.05, 0.1) is 22.4 Å². The van der Waals surface area contributed by atoms with E-state index in [9.17, 15) is 4.79 Å². The topological polar surface area (TPSA) is 68.0 Å². The lowest BCUT2D eigenvalue weighted by Gasteiger charge is -2.30. The summed E-state index contributed by atoms with van der Waals surface area (Å²) in [6.07, 6.45) is 0.667. The number of hydrogen-bond donors (Lipinski definition) is 1. The number of aryl methyl sites for hydroxylation is 2. The summed E-state index contributed by atoms with van der Waals surface area (Å²) in [4.78, 5) is 23.0. The molecule has 0 bridgehead atoms. The Bertz CT molecular complexity index is 1340. The van der Waals surface area contributed by atoms with Crippen LogP contribution in [-0.4, -0.2) is 15.9 Å². The zero-order valence-corrected chi connectivity index (χ0v) is 18.5. The van der Waals surface area contributed by atoms with Crippen LogP contribution in [0, 0.1) is 20.8 Å². The molecule has 0 unspecified atom stereocenters. The molecule has 0 saturated carbocycles. The Morgan fingerprint density at radius 1 is 1.00 bits per heavy atom. The summed E-state index contributed by atoms with van der Waals surface area (Å²) in [7, 11) is 0. The Balaban J connectivity index is 1.62. The van der Waals surface area contributed by atoms with Gasteiger partial charge >= 0.3 is 0 Å². The largest absolute Gasteiger partial charge is 0.455 e. The Morgan fingerprint density at radius 3 is 2.32 bits per heavy atom. The highest BCUT2D eigenvalue weighted by atomic mass is 16.4. The van der Waals surface area contributed by atoms with Gasteiger partial charge in [-0.25, -0.2) is 9.97 Å². The van der Waals surface area contributed by atoms with Crippen LogP contribution in [0.15, 0.2) is 46.9 Å². The van der Waals surface area contributed by atoms with Crippen molar-refractivity contribution in [3.63, 3.8) is 0 Å². The Hall–Kier alpha value is -3.47. The molecule has 0 spiro atoms. The van der Waals surface area contributed by atoms with Gasteiger partial charge in [-0.05, 0) is 56.2 Å². The number of carbonyl (C=O) groups excluding carboxylic acids is 1. The molecule has 0 fully saturated rings. The quantitative estimate of drug-likeness (QED) is 0.446. The predicted molar refractivity (Wildman–Crippen MR) is 123 cm³/mol. The van der Waals surface area contributed by atoms with Crippen molar-refractivity contribution in [1.29, 1.82) is 0 Å². The molecule has 156 valence electrons. The van der Waals surface area contributed by atoms with E-state index in [0.29, 0.717) is 12.2 Å². The molecule has 1 N–H and O–H groups in total.